The zero-order chi connectivity index (χ0) is 17.8. The number of para-hydroxylation sites is 1. The van der Waals surface area contributed by atoms with E-state index in [0.717, 1.165) is 33.7 Å². The third-order valence-electron chi connectivity index (χ3n) is 4.21. The molecule has 0 amide bonds. The quantitative estimate of drug-likeness (QED) is 0.675. The second-order valence-corrected chi connectivity index (χ2v) is 5.59. The van der Waals surface area contributed by atoms with Crippen molar-refractivity contribution in [2.75, 3.05) is 21.3 Å². The standard InChI is InChI=1S/C21H21NO3/c1-14-21(15-9-10-19(24-3)20(13-15)25-4)17(11-12-22-14)16-7-5-6-8-18(16)23-2/h5-13H,1-4H3. The number of benzene rings is 2. The minimum Gasteiger partial charge on any atom is -0.496 e. The van der Waals surface area contributed by atoms with E-state index in [9.17, 15) is 0 Å². The largest absolute Gasteiger partial charge is 0.496 e. The Labute approximate surface area is 148 Å². The van der Waals surface area contributed by atoms with Crippen molar-refractivity contribution in [3.8, 4) is 39.5 Å². The van der Waals surface area contributed by atoms with Crippen LogP contribution in [0, 0.1) is 6.92 Å². The van der Waals surface area contributed by atoms with Crippen molar-refractivity contribution in [1.82, 2.24) is 4.98 Å². The summed E-state index contributed by atoms with van der Waals surface area (Å²) in [7, 11) is 4.95. The number of pyridine rings is 1. The Morgan fingerprint density at radius 1 is 0.720 bits per heavy atom. The first-order valence-electron chi connectivity index (χ1n) is 8.01. The highest BCUT2D eigenvalue weighted by atomic mass is 16.5. The molecule has 0 fully saturated rings. The van der Waals surface area contributed by atoms with Crippen molar-refractivity contribution in [1.29, 1.82) is 0 Å². The lowest BCUT2D eigenvalue weighted by Gasteiger charge is -2.16. The number of ether oxygens (including phenoxy) is 3. The van der Waals surface area contributed by atoms with Crippen LogP contribution in [-0.2, 0) is 0 Å². The molecule has 3 rings (SSSR count). The summed E-state index contributed by atoms with van der Waals surface area (Å²) >= 11 is 0. The van der Waals surface area contributed by atoms with E-state index in [4.69, 9.17) is 14.2 Å². The maximum absolute atomic E-state index is 5.55. The minimum atomic E-state index is 0.689. The van der Waals surface area contributed by atoms with Gasteiger partial charge in [0.15, 0.2) is 11.5 Å². The molecule has 3 aromatic rings. The molecule has 1 heterocycles. The van der Waals surface area contributed by atoms with E-state index in [1.165, 1.54) is 0 Å². The van der Waals surface area contributed by atoms with Crippen molar-refractivity contribution < 1.29 is 14.2 Å². The van der Waals surface area contributed by atoms with Crippen molar-refractivity contribution in [2.45, 2.75) is 6.92 Å². The van der Waals surface area contributed by atoms with E-state index in [1.54, 1.807) is 21.3 Å². The van der Waals surface area contributed by atoms with Gasteiger partial charge in [0.05, 0.1) is 21.3 Å². The van der Waals surface area contributed by atoms with Gasteiger partial charge in [0.1, 0.15) is 5.75 Å². The van der Waals surface area contributed by atoms with Gasteiger partial charge in [-0.3, -0.25) is 4.98 Å². The Kier molecular flexibility index (Phi) is 4.89. The predicted octanol–water partition coefficient (Wildman–Crippen LogP) is 4.75. The third kappa shape index (κ3) is 3.15. The smallest absolute Gasteiger partial charge is 0.161 e. The lowest BCUT2D eigenvalue weighted by Crippen LogP contribution is -1.96. The summed E-state index contributed by atoms with van der Waals surface area (Å²) in [6.07, 6.45) is 1.82. The summed E-state index contributed by atoms with van der Waals surface area (Å²) in [6, 6.07) is 15.9. The Bertz CT molecular complexity index is 890. The lowest BCUT2D eigenvalue weighted by atomic mass is 9.93. The minimum absolute atomic E-state index is 0.689. The average Bonchev–Trinajstić information content (AvgIpc) is 2.67. The van der Waals surface area contributed by atoms with Crippen LogP contribution in [0.5, 0.6) is 17.2 Å². The first-order chi connectivity index (χ1) is 12.2. The molecule has 0 aliphatic rings. The summed E-state index contributed by atoms with van der Waals surface area (Å²) in [5.41, 5.74) is 5.10. The molecular formula is C21H21NO3. The molecule has 0 radical (unpaired) electrons. The summed E-state index contributed by atoms with van der Waals surface area (Å²) in [4.78, 5) is 4.48. The van der Waals surface area contributed by atoms with Gasteiger partial charge in [-0.15, -0.1) is 0 Å². The van der Waals surface area contributed by atoms with Gasteiger partial charge in [0, 0.05) is 23.0 Å². The third-order valence-corrected chi connectivity index (χ3v) is 4.21. The van der Waals surface area contributed by atoms with Crippen LogP contribution in [0.25, 0.3) is 22.3 Å². The van der Waals surface area contributed by atoms with Crippen LogP contribution < -0.4 is 14.2 Å². The van der Waals surface area contributed by atoms with E-state index in [0.29, 0.717) is 11.5 Å². The molecule has 25 heavy (non-hydrogen) atoms. The monoisotopic (exact) mass is 335 g/mol. The van der Waals surface area contributed by atoms with E-state index < -0.39 is 0 Å². The number of rotatable bonds is 5. The Morgan fingerprint density at radius 2 is 1.44 bits per heavy atom. The molecule has 0 saturated carbocycles. The molecular weight excluding hydrogens is 314 g/mol. The number of hydrogen-bond donors (Lipinski definition) is 0. The second kappa shape index (κ2) is 7.26. The number of methoxy groups -OCH3 is 3. The van der Waals surface area contributed by atoms with Crippen molar-refractivity contribution in [2.24, 2.45) is 0 Å². The van der Waals surface area contributed by atoms with Crippen molar-refractivity contribution in [3.63, 3.8) is 0 Å². The number of nitrogens with zero attached hydrogens (tertiary/aromatic N) is 1. The lowest BCUT2D eigenvalue weighted by molar-refractivity contribution is 0.355. The van der Waals surface area contributed by atoms with Crippen LogP contribution in [0.1, 0.15) is 5.69 Å². The molecule has 0 aliphatic carbocycles. The first-order valence-corrected chi connectivity index (χ1v) is 8.01. The van der Waals surface area contributed by atoms with E-state index in [2.05, 4.69) is 11.1 Å². The number of hydrogen-bond acceptors (Lipinski definition) is 4. The van der Waals surface area contributed by atoms with Crippen LogP contribution in [0.2, 0.25) is 0 Å². The van der Waals surface area contributed by atoms with Gasteiger partial charge < -0.3 is 14.2 Å². The van der Waals surface area contributed by atoms with E-state index >= 15 is 0 Å². The summed E-state index contributed by atoms with van der Waals surface area (Å²) in [5.74, 6) is 2.22. The molecule has 0 saturated heterocycles. The van der Waals surface area contributed by atoms with Crippen LogP contribution in [0.15, 0.2) is 54.7 Å². The fourth-order valence-corrected chi connectivity index (χ4v) is 3.01. The van der Waals surface area contributed by atoms with E-state index in [1.807, 2.05) is 55.6 Å². The molecule has 0 atom stereocenters. The van der Waals surface area contributed by atoms with Crippen LogP contribution >= 0.6 is 0 Å². The Balaban J connectivity index is 2.24. The molecule has 0 unspecified atom stereocenters. The van der Waals surface area contributed by atoms with Gasteiger partial charge in [-0.1, -0.05) is 24.3 Å². The van der Waals surface area contributed by atoms with Gasteiger partial charge in [-0.05, 0) is 42.3 Å². The van der Waals surface area contributed by atoms with Crippen molar-refractivity contribution in [3.05, 3.63) is 60.4 Å². The second-order valence-electron chi connectivity index (χ2n) is 5.59. The van der Waals surface area contributed by atoms with Crippen LogP contribution in [0.3, 0.4) is 0 Å². The topological polar surface area (TPSA) is 40.6 Å². The van der Waals surface area contributed by atoms with E-state index in [-0.39, 0.29) is 0 Å². The highest BCUT2D eigenvalue weighted by Crippen LogP contribution is 2.40. The molecule has 2 aromatic carbocycles. The fourth-order valence-electron chi connectivity index (χ4n) is 3.01. The van der Waals surface area contributed by atoms with Gasteiger partial charge in [-0.25, -0.2) is 0 Å². The zero-order valence-corrected chi connectivity index (χ0v) is 14.9. The first kappa shape index (κ1) is 16.8. The van der Waals surface area contributed by atoms with Crippen LogP contribution in [0.4, 0.5) is 0 Å². The predicted molar refractivity (Wildman–Crippen MR) is 99.5 cm³/mol. The zero-order valence-electron chi connectivity index (χ0n) is 14.9. The molecule has 0 bridgehead atoms. The summed E-state index contributed by atoms with van der Waals surface area (Å²) in [6.45, 7) is 2.00. The van der Waals surface area contributed by atoms with Gasteiger partial charge >= 0.3 is 0 Å². The van der Waals surface area contributed by atoms with Gasteiger partial charge in [0.25, 0.3) is 0 Å². The number of aryl methyl sites for hydroxylation is 1. The molecule has 0 N–H and O–H groups in total. The Morgan fingerprint density at radius 3 is 2.16 bits per heavy atom. The van der Waals surface area contributed by atoms with Crippen LogP contribution in [-0.4, -0.2) is 26.3 Å². The summed E-state index contributed by atoms with van der Waals surface area (Å²) < 4.78 is 16.4. The average molecular weight is 335 g/mol. The molecule has 4 nitrogen and oxygen atoms in total. The molecule has 0 spiro atoms. The normalized spacial score (nSPS) is 10.4. The highest BCUT2D eigenvalue weighted by Gasteiger charge is 2.16. The number of aromatic nitrogens is 1. The fraction of sp³-hybridized carbons (Fsp3) is 0.190. The van der Waals surface area contributed by atoms with Gasteiger partial charge in [0.2, 0.25) is 0 Å². The maximum atomic E-state index is 5.55. The Hall–Kier alpha value is -3.01. The molecule has 128 valence electrons. The highest BCUT2D eigenvalue weighted by molar-refractivity contribution is 5.87. The van der Waals surface area contributed by atoms with Gasteiger partial charge in [-0.2, -0.15) is 0 Å². The molecule has 4 heteroatoms. The maximum Gasteiger partial charge on any atom is 0.161 e. The molecule has 0 aliphatic heterocycles. The SMILES string of the molecule is COc1ccc(-c2c(-c3ccccc3OC)ccnc2C)cc1OC. The summed E-state index contributed by atoms with van der Waals surface area (Å²) in [5, 5.41) is 0. The molecule has 1 aromatic heterocycles. The van der Waals surface area contributed by atoms with Crippen molar-refractivity contribution >= 4 is 0 Å².